The lowest BCUT2D eigenvalue weighted by atomic mass is 10.1. The zero-order valence-electron chi connectivity index (χ0n) is 15.1. The van der Waals surface area contributed by atoms with Crippen LogP contribution in [0.5, 0.6) is 0 Å². The molecule has 0 saturated heterocycles. The highest BCUT2D eigenvalue weighted by Crippen LogP contribution is 2.20. The van der Waals surface area contributed by atoms with E-state index in [0.717, 1.165) is 12.1 Å². The first-order valence-electron chi connectivity index (χ1n) is 8.50. The number of carbonyl (C=O) groups excluding carboxylic acids is 1. The monoisotopic (exact) mass is 375 g/mol. The largest absolute Gasteiger partial charge is 0.506 e. The van der Waals surface area contributed by atoms with E-state index in [-0.39, 0.29) is 17.3 Å². The van der Waals surface area contributed by atoms with Gasteiger partial charge in [-0.25, -0.2) is 9.97 Å². The highest BCUT2D eigenvalue weighted by atomic mass is 16.5. The molecular formula is C20H17N5O3. The second-order valence-electron chi connectivity index (χ2n) is 5.94. The summed E-state index contributed by atoms with van der Waals surface area (Å²) in [7, 11) is 0. The van der Waals surface area contributed by atoms with Gasteiger partial charge in [0.1, 0.15) is 11.8 Å². The van der Waals surface area contributed by atoms with Crippen molar-refractivity contribution in [2.75, 3.05) is 5.32 Å². The molecule has 0 unspecified atom stereocenters. The van der Waals surface area contributed by atoms with Crippen molar-refractivity contribution >= 4 is 17.6 Å². The fraction of sp³-hybridized carbons (Fsp3) is 0.150. The molecule has 8 heteroatoms. The van der Waals surface area contributed by atoms with Crippen molar-refractivity contribution in [3.8, 4) is 6.07 Å². The van der Waals surface area contributed by atoms with Crippen molar-refractivity contribution in [3.63, 3.8) is 0 Å². The zero-order chi connectivity index (χ0) is 19.9. The first-order chi connectivity index (χ1) is 13.6. The SMILES string of the molecule is Cc1oncc1/C(O)=C(\C#N)C(=O)Nc1nccc(CCc2ccccc2)n1. The van der Waals surface area contributed by atoms with E-state index in [1.165, 1.54) is 18.0 Å². The Morgan fingerprint density at radius 2 is 2.04 bits per heavy atom. The Balaban J connectivity index is 1.73. The number of aryl methyl sites for hydroxylation is 3. The van der Waals surface area contributed by atoms with Crippen LogP contribution in [0.1, 0.15) is 22.6 Å². The smallest absolute Gasteiger partial charge is 0.272 e. The highest BCUT2D eigenvalue weighted by molar-refractivity contribution is 6.10. The normalized spacial score (nSPS) is 11.4. The van der Waals surface area contributed by atoms with Gasteiger partial charge in [0.2, 0.25) is 5.95 Å². The van der Waals surface area contributed by atoms with Crippen LogP contribution in [-0.2, 0) is 17.6 Å². The van der Waals surface area contributed by atoms with Crippen LogP contribution in [0.4, 0.5) is 5.95 Å². The van der Waals surface area contributed by atoms with Gasteiger partial charge in [-0.3, -0.25) is 10.1 Å². The molecule has 8 nitrogen and oxygen atoms in total. The fourth-order valence-electron chi connectivity index (χ4n) is 2.55. The summed E-state index contributed by atoms with van der Waals surface area (Å²) in [5, 5.41) is 25.5. The number of anilines is 1. The Hall–Kier alpha value is -3.99. The summed E-state index contributed by atoms with van der Waals surface area (Å²) in [5.74, 6) is -0.991. The predicted octanol–water partition coefficient (Wildman–Crippen LogP) is 2.99. The summed E-state index contributed by atoms with van der Waals surface area (Å²) in [6, 6.07) is 13.4. The maximum absolute atomic E-state index is 12.4. The van der Waals surface area contributed by atoms with Crippen LogP contribution in [0.2, 0.25) is 0 Å². The van der Waals surface area contributed by atoms with Gasteiger partial charge in [-0.05, 0) is 31.4 Å². The minimum atomic E-state index is -0.819. The molecule has 1 aromatic carbocycles. The van der Waals surface area contributed by atoms with Crippen LogP contribution in [-0.4, -0.2) is 26.1 Å². The fourth-order valence-corrected chi connectivity index (χ4v) is 2.55. The van der Waals surface area contributed by atoms with E-state index in [2.05, 4.69) is 20.4 Å². The number of hydrogen-bond acceptors (Lipinski definition) is 7. The summed E-state index contributed by atoms with van der Waals surface area (Å²) in [4.78, 5) is 20.7. The van der Waals surface area contributed by atoms with Gasteiger partial charge in [-0.15, -0.1) is 0 Å². The number of hydrogen-bond donors (Lipinski definition) is 2. The molecule has 28 heavy (non-hydrogen) atoms. The molecule has 140 valence electrons. The van der Waals surface area contributed by atoms with Gasteiger partial charge >= 0.3 is 0 Å². The lowest BCUT2D eigenvalue weighted by Crippen LogP contribution is -2.17. The second kappa shape index (κ2) is 8.60. The van der Waals surface area contributed by atoms with Gasteiger partial charge in [-0.1, -0.05) is 35.5 Å². The Morgan fingerprint density at radius 3 is 2.71 bits per heavy atom. The van der Waals surface area contributed by atoms with Gasteiger partial charge in [0.25, 0.3) is 5.91 Å². The van der Waals surface area contributed by atoms with Crippen molar-refractivity contribution in [2.24, 2.45) is 0 Å². The molecule has 0 radical (unpaired) electrons. The third-order valence-corrected chi connectivity index (χ3v) is 4.03. The van der Waals surface area contributed by atoms with Crippen molar-refractivity contribution in [1.29, 1.82) is 5.26 Å². The van der Waals surface area contributed by atoms with Crippen LogP contribution >= 0.6 is 0 Å². The molecular weight excluding hydrogens is 358 g/mol. The third-order valence-electron chi connectivity index (χ3n) is 4.03. The lowest BCUT2D eigenvalue weighted by Gasteiger charge is -2.06. The molecule has 0 fully saturated rings. The van der Waals surface area contributed by atoms with Crippen molar-refractivity contribution < 1.29 is 14.4 Å². The maximum atomic E-state index is 12.4. The summed E-state index contributed by atoms with van der Waals surface area (Å²) >= 11 is 0. The second-order valence-corrected chi connectivity index (χ2v) is 5.94. The maximum Gasteiger partial charge on any atom is 0.272 e. The Bertz CT molecular complexity index is 1050. The quantitative estimate of drug-likeness (QED) is 0.385. The molecule has 1 amide bonds. The highest BCUT2D eigenvalue weighted by Gasteiger charge is 2.20. The minimum absolute atomic E-state index is 0.0538. The number of aromatic nitrogens is 3. The number of carbonyl (C=O) groups is 1. The first-order valence-corrected chi connectivity index (χ1v) is 8.50. The van der Waals surface area contributed by atoms with Gasteiger partial charge in [0, 0.05) is 11.9 Å². The molecule has 0 atom stereocenters. The van der Waals surface area contributed by atoms with E-state index in [1.54, 1.807) is 19.1 Å². The van der Waals surface area contributed by atoms with Gasteiger partial charge in [0.05, 0.1) is 11.8 Å². The van der Waals surface area contributed by atoms with Crippen LogP contribution in [0.25, 0.3) is 5.76 Å². The number of nitrogens with one attached hydrogen (secondary N) is 1. The van der Waals surface area contributed by atoms with Crippen molar-refractivity contribution in [3.05, 3.63) is 76.9 Å². The van der Waals surface area contributed by atoms with Crippen LogP contribution in [0.15, 0.2) is 58.9 Å². The van der Waals surface area contributed by atoms with Gasteiger partial charge in [0.15, 0.2) is 11.3 Å². The zero-order valence-corrected chi connectivity index (χ0v) is 15.1. The third kappa shape index (κ3) is 4.40. The summed E-state index contributed by atoms with van der Waals surface area (Å²) in [6.07, 6.45) is 4.22. The molecule has 0 aliphatic heterocycles. The number of nitriles is 1. The molecule has 0 spiro atoms. The Morgan fingerprint density at radius 1 is 1.25 bits per heavy atom. The average Bonchev–Trinajstić information content (AvgIpc) is 3.14. The van der Waals surface area contributed by atoms with Crippen molar-refractivity contribution in [1.82, 2.24) is 15.1 Å². The number of amides is 1. The average molecular weight is 375 g/mol. The first kappa shape index (κ1) is 18.8. The molecule has 2 aromatic heterocycles. The molecule has 0 aliphatic rings. The Labute approximate surface area is 161 Å². The molecule has 3 rings (SSSR count). The lowest BCUT2D eigenvalue weighted by molar-refractivity contribution is -0.112. The summed E-state index contributed by atoms with van der Waals surface area (Å²) in [5.41, 5.74) is 1.61. The molecule has 0 saturated carbocycles. The number of rotatable bonds is 6. The molecule has 2 N–H and O–H groups in total. The minimum Gasteiger partial charge on any atom is -0.506 e. The topological polar surface area (TPSA) is 125 Å². The van der Waals surface area contributed by atoms with Crippen LogP contribution in [0.3, 0.4) is 0 Å². The number of nitrogens with zero attached hydrogens (tertiary/aromatic N) is 4. The van der Waals surface area contributed by atoms with Gasteiger partial charge in [-0.2, -0.15) is 5.26 Å². The van der Waals surface area contributed by atoms with E-state index >= 15 is 0 Å². The number of aliphatic hydroxyl groups excluding tert-OH is 1. The number of aliphatic hydroxyl groups is 1. The van der Waals surface area contributed by atoms with Gasteiger partial charge < -0.3 is 9.63 Å². The molecule has 0 bridgehead atoms. The molecule has 0 aliphatic carbocycles. The van der Waals surface area contributed by atoms with E-state index < -0.39 is 17.2 Å². The van der Waals surface area contributed by atoms with Crippen LogP contribution in [0, 0.1) is 18.3 Å². The Kier molecular flexibility index (Phi) is 5.77. The number of benzene rings is 1. The van der Waals surface area contributed by atoms with E-state index in [4.69, 9.17) is 4.52 Å². The van der Waals surface area contributed by atoms with Crippen molar-refractivity contribution in [2.45, 2.75) is 19.8 Å². The van der Waals surface area contributed by atoms with E-state index in [1.807, 2.05) is 30.3 Å². The van der Waals surface area contributed by atoms with E-state index in [0.29, 0.717) is 6.42 Å². The molecule has 2 heterocycles. The summed E-state index contributed by atoms with van der Waals surface area (Å²) < 4.78 is 4.85. The summed E-state index contributed by atoms with van der Waals surface area (Å²) in [6.45, 7) is 1.56. The molecule has 3 aromatic rings. The van der Waals surface area contributed by atoms with E-state index in [9.17, 15) is 15.2 Å². The van der Waals surface area contributed by atoms with Crippen LogP contribution < -0.4 is 5.32 Å². The standard InChI is InChI=1S/C20H17N5O3/c1-13-17(12-23-28-13)18(26)16(11-21)19(27)25-20-22-10-9-15(24-20)8-7-14-5-3-2-4-6-14/h2-6,9-10,12,26H,7-8H2,1H3,(H,22,24,25,27)/b18-16-. The predicted molar refractivity (Wildman–Crippen MR) is 101 cm³/mol.